The Balaban J connectivity index is 1.68. The highest BCUT2D eigenvalue weighted by atomic mass is 16.5. The number of ether oxygens (including phenoxy) is 1. The van der Waals surface area contributed by atoms with E-state index in [9.17, 15) is 4.79 Å². The second-order valence-electron chi connectivity index (χ2n) is 4.91. The number of carbonyl (C=O) groups excluding carboxylic acids is 1. The van der Waals surface area contributed by atoms with Crippen molar-refractivity contribution in [3.05, 3.63) is 53.8 Å². The highest BCUT2D eigenvalue weighted by molar-refractivity contribution is 6.05. The van der Waals surface area contributed by atoms with Crippen LogP contribution >= 0.6 is 0 Å². The smallest absolute Gasteiger partial charge is 0.260 e. The van der Waals surface area contributed by atoms with E-state index in [1.54, 1.807) is 49.4 Å². The van der Waals surface area contributed by atoms with E-state index in [-0.39, 0.29) is 5.91 Å². The molecule has 0 aliphatic heterocycles. The first-order chi connectivity index (χ1) is 11.7. The summed E-state index contributed by atoms with van der Waals surface area (Å²) < 4.78 is 10.1. The predicted molar refractivity (Wildman–Crippen MR) is 87.5 cm³/mol. The van der Waals surface area contributed by atoms with Gasteiger partial charge in [0, 0.05) is 6.07 Å². The van der Waals surface area contributed by atoms with Gasteiger partial charge in [-0.2, -0.15) is 0 Å². The van der Waals surface area contributed by atoms with Crippen LogP contribution in [0.4, 0.5) is 17.5 Å². The highest BCUT2D eigenvalue weighted by Gasteiger charge is 2.12. The number of nitrogens with zero attached hydrogens (tertiary/aromatic N) is 3. The van der Waals surface area contributed by atoms with Crippen LogP contribution in [0.25, 0.3) is 0 Å². The van der Waals surface area contributed by atoms with Gasteiger partial charge in [0.25, 0.3) is 5.91 Å². The molecule has 0 spiro atoms. The fourth-order valence-corrected chi connectivity index (χ4v) is 2.04. The zero-order valence-electron chi connectivity index (χ0n) is 13.1. The normalized spacial score (nSPS) is 10.2. The van der Waals surface area contributed by atoms with Gasteiger partial charge in [0.2, 0.25) is 0 Å². The maximum Gasteiger partial charge on any atom is 0.260 e. The third-order valence-corrected chi connectivity index (χ3v) is 3.14. The van der Waals surface area contributed by atoms with Crippen LogP contribution in [0.15, 0.2) is 47.0 Å². The van der Waals surface area contributed by atoms with Gasteiger partial charge in [0.05, 0.1) is 12.7 Å². The molecule has 0 atom stereocenters. The molecule has 0 saturated carbocycles. The number of hydrogen-bond acceptors (Lipinski definition) is 7. The van der Waals surface area contributed by atoms with Crippen molar-refractivity contribution in [2.75, 3.05) is 17.7 Å². The molecule has 0 unspecified atom stereocenters. The van der Waals surface area contributed by atoms with Crippen molar-refractivity contribution in [3.8, 4) is 5.75 Å². The van der Waals surface area contributed by atoms with Crippen LogP contribution in [0.2, 0.25) is 0 Å². The molecule has 2 N–H and O–H groups in total. The molecule has 0 saturated heterocycles. The van der Waals surface area contributed by atoms with Crippen molar-refractivity contribution in [2.24, 2.45) is 0 Å². The zero-order valence-corrected chi connectivity index (χ0v) is 13.1. The lowest BCUT2D eigenvalue weighted by Crippen LogP contribution is -2.14. The first-order valence-electron chi connectivity index (χ1n) is 7.14. The number of nitrogens with one attached hydrogen (secondary N) is 2. The van der Waals surface area contributed by atoms with E-state index in [0.717, 1.165) is 0 Å². The number of amides is 1. The second kappa shape index (κ2) is 6.78. The van der Waals surface area contributed by atoms with Gasteiger partial charge >= 0.3 is 0 Å². The molecule has 8 nitrogen and oxygen atoms in total. The van der Waals surface area contributed by atoms with Crippen LogP contribution in [0.5, 0.6) is 5.75 Å². The Hall–Kier alpha value is -3.42. The van der Waals surface area contributed by atoms with Crippen molar-refractivity contribution in [3.63, 3.8) is 0 Å². The minimum absolute atomic E-state index is 0.324. The van der Waals surface area contributed by atoms with Crippen LogP contribution in [-0.2, 0) is 0 Å². The Morgan fingerprint density at radius 3 is 2.50 bits per heavy atom. The van der Waals surface area contributed by atoms with Crippen LogP contribution in [0.3, 0.4) is 0 Å². The Kier molecular flexibility index (Phi) is 4.37. The number of benzene rings is 1. The van der Waals surface area contributed by atoms with Gasteiger partial charge < -0.3 is 19.9 Å². The maximum absolute atomic E-state index is 12.3. The molecule has 3 rings (SSSR count). The number of methoxy groups -OCH3 is 1. The molecule has 122 valence electrons. The summed E-state index contributed by atoms with van der Waals surface area (Å²) in [4.78, 5) is 12.3. The zero-order chi connectivity index (χ0) is 16.9. The Bertz CT molecular complexity index is 845. The van der Waals surface area contributed by atoms with E-state index in [4.69, 9.17) is 9.26 Å². The number of para-hydroxylation sites is 1. The summed E-state index contributed by atoms with van der Waals surface area (Å²) in [5, 5.41) is 17.4. The third kappa shape index (κ3) is 3.49. The summed E-state index contributed by atoms with van der Waals surface area (Å²) in [5.41, 5.74) is 0.419. The summed E-state index contributed by atoms with van der Waals surface area (Å²) in [6, 6.07) is 12.0. The summed E-state index contributed by atoms with van der Waals surface area (Å²) in [5.74, 6) is 2.20. The number of aryl methyl sites for hydroxylation is 1. The number of anilines is 3. The fourth-order valence-electron chi connectivity index (χ4n) is 2.04. The van der Waals surface area contributed by atoms with E-state index in [1.165, 1.54) is 7.11 Å². The molecule has 1 amide bonds. The Morgan fingerprint density at radius 1 is 1.08 bits per heavy atom. The lowest BCUT2D eigenvalue weighted by Gasteiger charge is -2.08. The first kappa shape index (κ1) is 15.5. The molecule has 0 aliphatic carbocycles. The van der Waals surface area contributed by atoms with E-state index in [0.29, 0.717) is 34.5 Å². The van der Waals surface area contributed by atoms with Crippen LogP contribution in [0.1, 0.15) is 16.1 Å². The average molecular weight is 325 g/mol. The average Bonchev–Trinajstić information content (AvgIpc) is 3.01. The number of hydrogen-bond donors (Lipinski definition) is 2. The highest BCUT2D eigenvalue weighted by Crippen LogP contribution is 2.19. The number of carbonyl (C=O) groups is 1. The quantitative estimate of drug-likeness (QED) is 0.743. The van der Waals surface area contributed by atoms with E-state index in [1.807, 2.05) is 0 Å². The molecule has 1 aromatic carbocycles. The SMILES string of the molecule is COc1ccccc1C(=O)Nc1ccc(Nc2cc(C)on2)nn1. The van der Waals surface area contributed by atoms with Crippen molar-refractivity contribution in [1.82, 2.24) is 15.4 Å². The molecule has 0 bridgehead atoms. The predicted octanol–water partition coefficient (Wildman–Crippen LogP) is 2.78. The monoisotopic (exact) mass is 325 g/mol. The molecule has 0 radical (unpaired) electrons. The van der Waals surface area contributed by atoms with Crippen molar-refractivity contribution >= 4 is 23.4 Å². The minimum Gasteiger partial charge on any atom is -0.496 e. The van der Waals surface area contributed by atoms with E-state index >= 15 is 0 Å². The van der Waals surface area contributed by atoms with Gasteiger partial charge in [-0.1, -0.05) is 17.3 Å². The van der Waals surface area contributed by atoms with Crippen molar-refractivity contribution in [2.45, 2.75) is 6.92 Å². The van der Waals surface area contributed by atoms with Crippen LogP contribution < -0.4 is 15.4 Å². The van der Waals surface area contributed by atoms with Crippen molar-refractivity contribution < 1.29 is 14.1 Å². The van der Waals surface area contributed by atoms with Crippen LogP contribution in [0, 0.1) is 6.92 Å². The molecule has 2 aromatic heterocycles. The Morgan fingerprint density at radius 2 is 1.83 bits per heavy atom. The fraction of sp³-hybridized carbons (Fsp3) is 0.125. The maximum atomic E-state index is 12.3. The lowest BCUT2D eigenvalue weighted by molar-refractivity contribution is 0.102. The van der Waals surface area contributed by atoms with E-state index in [2.05, 4.69) is 26.0 Å². The molecular weight excluding hydrogens is 310 g/mol. The molecule has 2 heterocycles. The largest absolute Gasteiger partial charge is 0.496 e. The summed E-state index contributed by atoms with van der Waals surface area (Å²) in [6.07, 6.45) is 0. The Labute approximate surface area is 137 Å². The van der Waals surface area contributed by atoms with Crippen molar-refractivity contribution in [1.29, 1.82) is 0 Å². The second-order valence-corrected chi connectivity index (χ2v) is 4.91. The summed E-state index contributed by atoms with van der Waals surface area (Å²) in [7, 11) is 1.51. The summed E-state index contributed by atoms with van der Waals surface area (Å²) in [6.45, 7) is 1.79. The van der Waals surface area contributed by atoms with E-state index < -0.39 is 0 Å². The minimum atomic E-state index is -0.324. The lowest BCUT2D eigenvalue weighted by atomic mass is 10.2. The van der Waals surface area contributed by atoms with Gasteiger partial charge in [0.1, 0.15) is 11.5 Å². The molecular formula is C16H15N5O3. The first-order valence-corrected chi connectivity index (χ1v) is 7.14. The topological polar surface area (TPSA) is 102 Å². The van der Waals surface area contributed by atoms with Gasteiger partial charge in [-0.15, -0.1) is 10.2 Å². The van der Waals surface area contributed by atoms with Gasteiger partial charge in [-0.05, 0) is 31.2 Å². The molecule has 0 fully saturated rings. The van der Waals surface area contributed by atoms with Gasteiger partial charge in [-0.25, -0.2) is 0 Å². The summed E-state index contributed by atoms with van der Waals surface area (Å²) >= 11 is 0. The molecule has 0 aliphatic rings. The number of rotatable bonds is 5. The molecule has 24 heavy (non-hydrogen) atoms. The third-order valence-electron chi connectivity index (χ3n) is 3.14. The number of aromatic nitrogens is 3. The van der Waals surface area contributed by atoms with Crippen LogP contribution in [-0.4, -0.2) is 28.4 Å². The standard InChI is InChI=1S/C16H15N5O3/c1-10-9-15(21-24-10)17-13-7-8-14(20-19-13)18-16(22)11-5-3-4-6-12(11)23-2/h3-9H,1-2H3,(H,17,19,21)(H,18,20,22). The van der Waals surface area contributed by atoms with Gasteiger partial charge in [-0.3, -0.25) is 4.79 Å². The van der Waals surface area contributed by atoms with Gasteiger partial charge in [0.15, 0.2) is 17.5 Å². The molecule has 8 heteroatoms. The molecule has 3 aromatic rings.